The molecule has 0 bridgehead atoms. The Balaban J connectivity index is 1.54. The van der Waals surface area contributed by atoms with Gasteiger partial charge in [-0.2, -0.15) is 0 Å². The maximum Gasteiger partial charge on any atom is 0.267 e. The Morgan fingerprint density at radius 3 is 2.90 bits per heavy atom. The summed E-state index contributed by atoms with van der Waals surface area (Å²) in [6.45, 7) is 2.71. The van der Waals surface area contributed by atoms with Crippen LogP contribution in [0.15, 0.2) is 58.0 Å². The summed E-state index contributed by atoms with van der Waals surface area (Å²) < 4.78 is 5.24. The number of H-pyrrole nitrogens is 1. The van der Waals surface area contributed by atoms with Gasteiger partial charge >= 0.3 is 0 Å². The highest BCUT2D eigenvalue weighted by molar-refractivity contribution is 8.00. The van der Waals surface area contributed by atoms with Crippen LogP contribution in [0.1, 0.15) is 17.4 Å². The number of nitrogens with one attached hydrogen (secondary N) is 2. The van der Waals surface area contributed by atoms with Gasteiger partial charge < -0.3 is 14.7 Å². The van der Waals surface area contributed by atoms with Gasteiger partial charge in [0.1, 0.15) is 5.69 Å². The third-order valence-electron chi connectivity index (χ3n) is 3.12. The second-order valence-electron chi connectivity index (χ2n) is 4.83. The van der Waals surface area contributed by atoms with Crippen LogP contribution in [-0.4, -0.2) is 22.7 Å². The fourth-order valence-electron chi connectivity index (χ4n) is 2.08. The SMILES string of the molecule is C[C@H](CNC(=O)c1cc2occc2[nH]1)Sc1ccccc1. The van der Waals surface area contributed by atoms with Crippen LogP contribution in [0.25, 0.3) is 11.1 Å². The number of benzene rings is 1. The van der Waals surface area contributed by atoms with E-state index in [1.807, 2.05) is 18.2 Å². The van der Waals surface area contributed by atoms with Gasteiger partial charge in [-0.3, -0.25) is 4.79 Å². The molecule has 3 rings (SSSR count). The Labute approximate surface area is 126 Å². The first-order valence-electron chi connectivity index (χ1n) is 6.78. The lowest BCUT2D eigenvalue weighted by molar-refractivity contribution is 0.0950. The summed E-state index contributed by atoms with van der Waals surface area (Å²) in [5, 5.41) is 3.24. The summed E-state index contributed by atoms with van der Waals surface area (Å²) in [5.74, 6) is -0.109. The molecule has 0 aliphatic carbocycles. The van der Waals surface area contributed by atoms with Crippen molar-refractivity contribution in [2.24, 2.45) is 0 Å². The molecule has 0 spiro atoms. The van der Waals surface area contributed by atoms with Gasteiger partial charge in [0, 0.05) is 28.8 Å². The van der Waals surface area contributed by atoms with Crippen LogP contribution >= 0.6 is 11.8 Å². The summed E-state index contributed by atoms with van der Waals surface area (Å²) in [5.41, 5.74) is 2.07. The summed E-state index contributed by atoms with van der Waals surface area (Å²) in [7, 11) is 0. The molecule has 1 amide bonds. The van der Waals surface area contributed by atoms with Gasteiger partial charge in [-0.15, -0.1) is 11.8 Å². The molecule has 1 atom stereocenters. The first-order valence-corrected chi connectivity index (χ1v) is 7.66. The van der Waals surface area contributed by atoms with Gasteiger partial charge in [0.25, 0.3) is 5.91 Å². The van der Waals surface area contributed by atoms with Crippen LogP contribution in [0.2, 0.25) is 0 Å². The Hall–Kier alpha value is -2.14. The molecule has 21 heavy (non-hydrogen) atoms. The largest absolute Gasteiger partial charge is 0.463 e. The van der Waals surface area contributed by atoms with Crippen LogP contribution in [0.3, 0.4) is 0 Å². The zero-order chi connectivity index (χ0) is 14.7. The lowest BCUT2D eigenvalue weighted by Gasteiger charge is -2.11. The lowest BCUT2D eigenvalue weighted by Crippen LogP contribution is -2.29. The lowest BCUT2D eigenvalue weighted by atomic mass is 10.4. The molecule has 2 N–H and O–H groups in total. The number of furan rings is 1. The molecule has 2 aromatic heterocycles. The van der Waals surface area contributed by atoms with E-state index >= 15 is 0 Å². The third kappa shape index (κ3) is 3.31. The van der Waals surface area contributed by atoms with Crippen molar-refractivity contribution >= 4 is 28.8 Å². The van der Waals surface area contributed by atoms with E-state index in [-0.39, 0.29) is 5.91 Å². The van der Waals surface area contributed by atoms with Gasteiger partial charge in [-0.05, 0) is 12.1 Å². The van der Waals surface area contributed by atoms with Crippen LogP contribution in [0.4, 0.5) is 0 Å². The number of thioether (sulfide) groups is 1. The van der Waals surface area contributed by atoms with Crippen molar-refractivity contribution in [1.29, 1.82) is 0 Å². The van der Waals surface area contributed by atoms with E-state index in [9.17, 15) is 4.79 Å². The number of rotatable bonds is 5. The number of aromatic nitrogens is 1. The molecule has 0 aliphatic heterocycles. The molecule has 2 heterocycles. The Morgan fingerprint density at radius 1 is 1.33 bits per heavy atom. The highest BCUT2D eigenvalue weighted by atomic mass is 32.2. The zero-order valence-corrected chi connectivity index (χ0v) is 12.4. The van der Waals surface area contributed by atoms with Crippen molar-refractivity contribution in [3.05, 3.63) is 54.4 Å². The summed E-state index contributed by atoms with van der Waals surface area (Å²) >= 11 is 1.74. The molecule has 0 saturated heterocycles. The topological polar surface area (TPSA) is 58.0 Å². The second-order valence-corrected chi connectivity index (χ2v) is 6.34. The Kier molecular flexibility index (Phi) is 4.01. The van der Waals surface area contributed by atoms with Gasteiger partial charge in [-0.1, -0.05) is 25.1 Å². The molecule has 3 aromatic rings. The fourth-order valence-corrected chi connectivity index (χ4v) is 3.02. The summed E-state index contributed by atoms with van der Waals surface area (Å²) in [6, 6.07) is 13.7. The summed E-state index contributed by atoms with van der Waals surface area (Å²) in [4.78, 5) is 16.3. The zero-order valence-electron chi connectivity index (χ0n) is 11.6. The number of hydrogen-bond acceptors (Lipinski definition) is 3. The number of aromatic amines is 1. The minimum Gasteiger partial charge on any atom is -0.463 e. The average Bonchev–Trinajstić information content (AvgIpc) is 3.07. The van der Waals surface area contributed by atoms with Crippen molar-refractivity contribution < 1.29 is 9.21 Å². The van der Waals surface area contributed by atoms with Gasteiger partial charge in [0.2, 0.25) is 0 Å². The van der Waals surface area contributed by atoms with E-state index in [0.29, 0.717) is 23.1 Å². The number of fused-ring (bicyclic) bond motifs is 1. The molecular weight excluding hydrogens is 284 g/mol. The number of carbonyl (C=O) groups is 1. The predicted molar refractivity (Wildman–Crippen MR) is 84.7 cm³/mol. The van der Waals surface area contributed by atoms with E-state index in [1.54, 1.807) is 30.2 Å². The molecule has 108 valence electrons. The van der Waals surface area contributed by atoms with E-state index in [1.165, 1.54) is 4.90 Å². The van der Waals surface area contributed by atoms with Crippen LogP contribution < -0.4 is 5.32 Å². The molecule has 4 nitrogen and oxygen atoms in total. The predicted octanol–water partition coefficient (Wildman–Crippen LogP) is 3.67. The van der Waals surface area contributed by atoms with Gasteiger partial charge in [0.15, 0.2) is 5.58 Å². The molecule has 1 aromatic carbocycles. The Bertz CT molecular complexity index is 704. The number of amides is 1. The second kappa shape index (κ2) is 6.10. The first kappa shape index (κ1) is 13.8. The highest BCUT2D eigenvalue weighted by Gasteiger charge is 2.12. The van der Waals surface area contributed by atoms with Crippen LogP contribution in [0, 0.1) is 0 Å². The quantitative estimate of drug-likeness (QED) is 0.707. The minimum absolute atomic E-state index is 0.109. The van der Waals surface area contributed by atoms with Crippen LogP contribution in [0.5, 0.6) is 0 Å². The normalized spacial score (nSPS) is 12.4. The van der Waals surface area contributed by atoms with Crippen molar-refractivity contribution in [3.63, 3.8) is 0 Å². The Morgan fingerprint density at radius 2 is 2.14 bits per heavy atom. The van der Waals surface area contributed by atoms with Crippen molar-refractivity contribution in [2.75, 3.05) is 6.54 Å². The average molecular weight is 300 g/mol. The number of carbonyl (C=O) groups excluding carboxylic acids is 1. The smallest absolute Gasteiger partial charge is 0.267 e. The number of hydrogen-bond donors (Lipinski definition) is 2. The van der Waals surface area contributed by atoms with Crippen molar-refractivity contribution in [2.45, 2.75) is 17.1 Å². The van der Waals surface area contributed by atoms with E-state index in [4.69, 9.17) is 4.42 Å². The molecule has 0 unspecified atom stereocenters. The van der Waals surface area contributed by atoms with Crippen molar-refractivity contribution in [3.8, 4) is 0 Å². The molecule has 0 saturated carbocycles. The van der Waals surface area contributed by atoms with E-state index in [0.717, 1.165) is 5.52 Å². The molecule has 5 heteroatoms. The maximum absolute atomic E-state index is 12.1. The van der Waals surface area contributed by atoms with E-state index < -0.39 is 0 Å². The van der Waals surface area contributed by atoms with E-state index in [2.05, 4.69) is 29.4 Å². The molecular formula is C16H16N2O2S. The van der Waals surface area contributed by atoms with Gasteiger partial charge in [-0.25, -0.2) is 0 Å². The monoisotopic (exact) mass is 300 g/mol. The van der Waals surface area contributed by atoms with Crippen LogP contribution in [-0.2, 0) is 0 Å². The maximum atomic E-state index is 12.1. The third-order valence-corrected chi connectivity index (χ3v) is 4.23. The van der Waals surface area contributed by atoms with Crippen molar-refractivity contribution in [1.82, 2.24) is 10.3 Å². The standard InChI is InChI=1S/C16H16N2O2S/c1-11(21-12-5-3-2-4-6-12)10-17-16(19)14-9-15-13(18-14)7-8-20-15/h2-9,11,18H,10H2,1H3,(H,17,19)/t11-/m1/s1. The molecule has 0 aliphatic rings. The minimum atomic E-state index is -0.109. The fraction of sp³-hybridized carbons (Fsp3) is 0.188. The highest BCUT2D eigenvalue weighted by Crippen LogP contribution is 2.22. The molecule has 0 fully saturated rings. The molecule has 0 radical (unpaired) electrons. The summed E-state index contributed by atoms with van der Waals surface area (Å²) in [6.07, 6.45) is 1.60. The first-order chi connectivity index (χ1) is 10.2. The van der Waals surface area contributed by atoms with Gasteiger partial charge in [0.05, 0.1) is 11.8 Å².